The maximum Gasteiger partial charge on any atom is 0.225 e. The average molecular weight is 349 g/mol. The average Bonchev–Trinajstić information content (AvgIpc) is 3.35. The maximum absolute atomic E-state index is 14.0. The van der Waals surface area contributed by atoms with Gasteiger partial charge in [0.1, 0.15) is 11.3 Å². The number of anilines is 1. The van der Waals surface area contributed by atoms with Crippen molar-refractivity contribution >= 4 is 22.8 Å². The number of nitrogen functional groups attached to an aromatic ring is 1. The Morgan fingerprint density at radius 2 is 2.00 bits per heavy atom. The van der Waals surface area contributed by atoms with Crippen molar-refractivity contribution in [2.24, 2.45) is 0 Å². The zero-order valence-corrected chi connectivity index (χ0v) is 13.4. The Labute approximate surface area is 145 Å². The highest BCUT2D eigenvalue weighted by Crippen LogP contribution is 2.24. The fourth-order valence-electron chi connectivity index (χ4n) is 2.90. The number of rotatable bonds is 3. The number of halogens is 1. The molecule has 0 amide bonds. The molecule has 0 aliphatic carbocycles. The molecule has 0 fully saturated rings. The van der Waals surface area contributed by atoms with E-state index in [-0.39, 0.29) is 18.3 Å². The van der Waals surface area contributed by atoms with Crippen LogP contribution in [0.2, 0.25) is 0 Å². The number of hydrogen-bond acceptors (Lipinski definition) is 6. The topological polar surface area (TPSA) is 100 Å². The molecule has 9 heteroatoms. The van der Waals surface area contributed by atoms with Crippen LogP contribution in [-0.4, -0.2) is 29.1 Å². The second-order valence-electron chi connectivity index (χ2n) is 5.75. The largest absolute Gasteiger partial charge is 0.461 e. The molecule has 0 bridgehead atoms. The van der Waals surface area contributed by atoms with Crippen LogP contribution in [0.1, 0.15) is 5.56 Å². The first-order valence-corrected chi connectivity index (χ1v) is 7.85. The maximum atomic E-state index is 14.0. The lowest BCUT2D eigenvalue weighted by Crippen LogP contribution is -2.05. The van der Waals surface area contributed by atoms with Gasteiger partial charge < -0.3 is 14.7 Å². The number of aromatic nitrogens is 6. The van der Waals surface area contributed by atoms with E-state index in [0.717, 1.165) is 0 Å². The van der Waals surface area contributed by atoms with Crippen LogP contribution in [0.25, 0.3) is 28.4 Å². The van der Waals surface area contributed by atoms with E-state index in [0.29, 0.717) is 34.0 Å². The molecule has 4 heterocycles. The Morgan fingerprint density at radius 3 is 2.81 bits per heavy atom. The Balaban J connectivity index is 1.73. The van der Waals surface area contributed by atoms with Crippen molar-refractivity contribution in [3.05, 3.63) is 60.4 Å². The first kappa shape index (κ1) is 14.6. The summed E-state index contributed by atoms with van der Waals surface area (Å²) in [6, 6.07) is 10.1. The molecular formula is C17H12FN7O. The molecule has 0 saturated carbocycles. The number of imidazole rings is 1. The highest BCUT2D eigenvalue weighted by atomic mass is 19.1. The molecule has 0 aliphatic rings. The molecule has 0 saturated heterocycles. The summed E-state index contributed by atoms with van der Waals surface area (Å²) in [4.78, 5) is 13.1. The minimum atomic E-state index is -0.286. The van der Waals surface area contributed by atoms with Crippen molar-refractivity contribution in [3.63, 3.8) is 0 Å². The third-order valence-corrected chi connectivity index (χ3v) is 4.11. The van der Waals surface area contributed by atoms with E-state index < -0.39 is 0 Å². The molecule has 0 spiro atoms. The second-order valence-corrected chi connectivity index (χ2v) is 5.75. The fourth-order valence-corrected chi connectivity index (χ4v) is 2.90. The number of fused-ring (bicyclic) bond motifs is 3. The normalized spacial score (nSPS) is 11.6. The highest BCUT2D eigenvalue weighted by molar-refractivity contribution is 5.87. The first-order valence-electron chi connectivity index (χ1n) is 7.85. The third kappa shape index (κ3) is 2.14. The van der Waals surface area contributed by atoms with E-state index in [4.69, 9.17) is 10.2 Å². The van der Waals surface area contributed by atoms with E-state index in [9.17, 15) is 4.39 Å². The number of nitrogens with zero attached hydrogens (tertiary/aromatic N) is 6. The number of furan rings is 1. The molecule has 1 aromatic carbocycles. The van der Waals surface area contributed by atoms with Crippen LogP contribution in [0.5, 0.6) is 0 Å². The summed E-state index contributed by atoms with van der Waals surface area (Å²) in [7, 11) is 0. The molecule has 5 aromatic rings. The minimum absolute atomic E-state index is 0.161. The van der Waals surface area contributed by atoms with Gasteiger partial charge >= 0.3 is 0 Å². The smallest absolute Gasteiger partial charge is 0.225 e. The van der Waals surface area contributed by atoms with Crippen molar-refractivity contribution in [2.45, 2.75) is 6.54 Å². The molecule has 5 rings (SSSR count). The molecule has 2 N–H and O–H groups in total. The van der Waals surface area contributed by atoms with E-state index in [1.807, 2.05) is 0 Å². The van der Waals surface area contributed by atoms with Crippen LogP contribution >= 0.6 is 0 Å². The van der Waals surface area contributed by atoms with Crippen LogP contribution in [0.3, 0.4) is 0 Å². The predicted octanol–water partition coefficient (Wildman–Crippen LogP) is 2.50. The predicted molar refractivity (Wildman–Crippen MR) is 91.7 cm³/mol. The van der Waals surface area contributed by atoms with E-state index in [1.54, 1.807) is 47.5 Å². The summed E-state index contributed by atoms with van der Waals surface area (Å²) >= 11 is 0. The van der Waals surface area contributed by atoms with Crippen LogP contribution in [0.15, 0.2) is 53.4 Å². The second kappa shape index (κ2) is 5.38. The lowest BCUT2D eigenvalue weighted by molar-refractivity contribution is 0.577. The van der Waals surface area contributed by atoms with E-state index >= 15 is 0 Å². The Hall–Kier alpha value is -3.75. The van der Waals surface area contributed by atoms with Gasteiger partial charge in [-0.15, -0.1) is 5.10 Å². The number of benzene rings is 1. The number of hydrogen-bond donors (Lipinski definition) is 1. The van der Waals surface area contributed by atoms with Gasteiger partial charge in [-0.25, -0.2) is 14.4 Å². The molecule has 0 aliphatic heterocycles. The lowest BCUT2D eigenvalue weighted by Gasteiger charge is -2.06. The molecule has 26 heavy (non-hydrogen) atoms. The summed E-state index contributed by atoms with van der Waals surface area (Å²) in [5.74, 6) is 0.775. The summed E-state index contributed by atoms with van der Waals surface area (Å²) in [5.41, 5.74) is 8.04. The van der Waals surface area contributed by atoms with Crippen molar-refractivity contribution in [1.29, 1.82) is 0 Å². The van der Waals surface area contributed by atoms with E-state index in [2.05, 4.69) is 20.1 Å². The molecule has 8 nitrogen and oxygen atoms in total. The molecular weight excluding hydrogens is 337 g/mol. The van der Waals surface area contributed by atoms with Crippen molar-refractivity contribution in [3.8, 4) is 11.6 Å². The molecule has 0 radical (unpaired) electrons. The molecule has 4 aromatic heterocycles. The van der Waals surface area contributed by atoms with Gasteiger partial charge in [-0.3, -0.25) is 0 Å². The molecule has 128 valence electrons. The molecule has 0 unspecified atom stereocenters. The lowest BCUT2D eigenvalue weighted by atomic mass is 10.2. The quantitative estimate of drug-likeness (QED) is 0.537. The zero-order chi connectivity index (χ0) is 17.7. The standard InChI is InChI=1S/C17H12FN7O/c18-11-5-2-1-4-10(11)8-24-9-20-15-13(24)16-21-14(12-6-3-7-26-12)23-25(16)17(19)22-15/h1-7,9H,8H2,(H2,19,22). The van der Waals surface area contributed by atoms with Crippen LogP contribution in [0, 0.1) is 5.82 Å². The van der Waals surface area contributed by atoms with Crippen LogP contribution in [-0.2, 0) is 6.54 Å². The third-order valence-electron chi connectivity index (χ3n) is 4.11. The van der Waals surface area contributed by atoms with Gasteiger partial charge in [-0.1, -0.05) is 18.2 Å². The highest BCUT2D eigenvalue weighted by Gasteiger charge is 2.18. The van der Waals surface area contributed by atoms with Gasteiger partial charge in [0.05, 0.1) is 19.1 Å². The van der Waals surface area contributed by atoms with Crippen molar-refractivity contribution < 1.29 is 8.81 Å². The van der Waals surface area contributed by atoms with Gasteiger partial charge in [-0.05, 0) is 18.2 Å². The van der Waals surface area contributed by atoms with Crippen LogP contribution in [0.4, 0.5) is 10.3 Å². The molecule has 0 atom stereocenters. The Bertz CT molecular complexity index is 1240. The minimum Gasteiger partial charge on any atom is -0.461 e. The first-order chi connectivity index (χ1) is 12.7. The van der Waals surface area contributed by atoms with Crippen molar-refractivity contribution in [2.75, 3.05) is 5.73 Å². The van der Waals surface area contributed by atoms with Gasteiger partial charge in [0, 0.05) is 5.56 Å². The van der Waals surface area contributed by atoms with Gasteiger partial charge in [0.2, 0.25) is 11.8 Å². The summed E-state index contributed by atoms with van der Waals surface area (Å²) in [6.07, 6.45) is 3.13. The van der Waals surface area contributed by atoms with Crippen LogP contribution < -0.4 is 5.73 Å². The van der Waals surface area contributed by atoms with E-state index in [1.165, 1.54) is 10.6 Å². The van der Waals surface area contributed by atoms with Gasteiger partial charge in [0.15, 0.2) is 17.1 Å². The van der Waals surface area contributed by atoms with Gasteiger partial charge in [-0.2, -0.15) is 9.50 Å². The summed E-state index contributed by atoms with van der Waals surface area (Å²) < 4.78 is 22.6. The Morgan fingerprint density at radius 1 is 1.12 bits per heavy atom. The summed E-state index contributed by atoms with van der Waals surface area (Å²) in [6.45, 7) is 0.285. The zero-order valence-electron chi connectivity index (χ0n) is 13.4. The fraction of sp³-hybridized carbons (Fsp3) is 0.0588. The monoisotopic (exact) mass is 349 g/mol. The van der Waals surface area contributed by atoms with Gasteiger partial charge in [0.25, 0.3) is 0 Å². The van der Waals surface area contributed by atoms with Crippen molar-refractivity contribution in [1.82, 2.24) is 29.1 Å². The Kier molecular flexibility index (Phi) is 3.02. The SMILES string of the molecule is Nc1nc2ncn(Cc3ccccc3F)c2c2nc(-c3ccco3)nn12. The number of nitrogens with two attached hydrogens (primary N) is 1. The summed E-state index contributed by atoms with van der Waals surface area (Å²) in [5, 5.41) is 4.36.